The highest BCUT2D eigenvalue weighted by molar-refractivity contribution is 5.47. The number of carbonyl (C=O) groups is 1. The molecule has 0 unspecified atom stereocenters. The molecule has 1 rings (SSSR count). The monoisotopic (exact) mass is 223 g/mol. The number of phenols is 2. The SMILES string of the molecule is CCCN(C=O)CCc1cc(O)ccc1O. The van der Waals surface area contributed by atoms with Crippen molar-refractivity contribution in [2.75, 3.05) is 13.1 Å². The van der Waals surface area contributed by atoms with Crippen molar-refractivity contribution in [1.82, 2.24) is 4.90 Å². The number of carbonyl (C=O) groups excluding carboxylic acids is 1. The zero-order valence-corrected chi connectivity index (χ0v) is 9.39. The van der Waals surface area contributed by atoms with Gasteiger partial charge in [-0.05, 0) is 36.6 Å². The van der Waals surface area contributed by atoms with Crippen LogP contribution in [-0.4, -0.2) is 34.6 Å². The Labute approximate surface area is 95.1 Å². The van der Waals surface area contributed by atoms with Gasteiger partial charge in [-0.1, -0.05) is 6.92 Å². The number of rotatable bonds is 6. The van der Waals surface area contributed by atoms with E-state index >= 15 is 0 Å². The molecular weight excluding hydrogens is 206 g/mol. The zero-order valence-electron chi connectivity index (χ0n) is 9.39. The molecule has 0 saturated carbocycles. The van der Waals surface area contributed by atoms with Crippen LogP contribution in [0.1, 0.15) is 18.9 Å². The summed E-state index contributed by atoms with van der Waals surface area (Å²) in [5.41, 5.74) is 0.656. The lowest BCUT2D eigenvalue weighted by atomic mass is 10.1. The molecule has 0 heterocycles. The maximum Gasteiger partial charge on any atom is 0.209 e. The van der Waals surface area contributed by atoms with E-state index in [0.29, 0.717) is 25.1 Å². The Bertz CT molecular complexity index is 352. The Hall–Kier alpha value is -1.71. The average molecular weight is 223 g/mol. The second-order valence-corrected chi connectivity index (χ2v) is 3.70. The average Bonchev–Trinajstić information content (AvgIpc) is 2.28. The molecule has 0 atom stereocenters. The first kappa shape index (κ1) is 12.4. The maximum atomic E-state index is 10.7. The highest BCUT2D eigenvalue weighted by Gasteiger charge is 2.05. The molecule has 0 bridgehead atoms. The van der Waals surface area contributed by atoms with Crippen LogP contribution in [0.5, 0.6) is 11.5 Å². The van der Waals surface area contributed by atoms with Crippen LogP contribution in [0.2, 0.25) is 0 Å². The van der Waals surface area contributed by atoms with E-state index < -0.39 is 0 Å². The van der Waals surface area contributed by atoms with Crippen LogP contribution < -0.4 is 0 Å². The molecular formula is C12H17NO3. The summed E-state index contributed by atoms with van der Waals surface area (Å²) < 4.78 is 0. The van der Waals surface area contributed by atoms with Gasteiger partial charge in [0.15, 0.2) is 0 Å². The fourth-order valence-corrected chi connectivity index (χ4v) is 1.54. The summed E-state index contributed by atoms with van der Waals surface area (Å²) in [6, 6.07) is 4.41. The van der Waals surface area contributed by atoms with E-state index in [1.807, 2.05) is 6.92 Å². The topological polar surface area (TPSA) is 60.8 Å². The van der Waals surface area contributed by atoms with Gasteiger partial charge in [0.2, 0.25) is 6.41 Å². The van der Waals surface area contributed by atoms with E-state index in [4.69, 9.17) is 0 Å². The highest BCUT2D eigenvalue weighted by atomic mass is 16.3. The van der Waals surface area contributed by atoms with Gasteiger partial charge in [-0.2, -0.15) is 0 Å². The van der Waals surface area contributed by atoms with E-state index in [1.54, 1.807) is 4.90 Å². The summed E-state index contributed by atoms with van der Waals surface area (Å²) in [7, 11) is 0. The van der Waals surface area contributed by atoms with Gasteiger partial charge in [0.1, 0.15) is 11.5 Å². The first-order valence-electron chi connectivity index (χ1n) is 5.37. The van der Waals surface area contributed by atoms with Crippen LogP contribution in [0.4, 0.5) is 0 Å². The predicted molar refractivity (Wildman–Crippen MR) is 61.4 cm³/mol. The summed E-state index contributed by atoms with van der Waals surface area (Å²) in [5, 5.41) is 18.8. The molecule has 0 radical (unpaired) electrons. The summed E-state index contributed by atoms with van der Waals surface area (Å²) in [5.74, 6) is 0.279. The lowest BCUT2D eigenvalue weighted by molar-refractivity contribution is -0.118. The van der Waals surface area contributed by atoms with E-state index in [0.717, 1.165) is 12.8 Å². The molecule has 0 saturated heterocycles. The van der Waals surface area contributed by atoms with Gasteiger partial charge in [0, 0.05) is 13.1 Å². The fourth-order valence-electron chi connectivity index (χ4n) is 1.54. The predicted octanol–water partition coefficient (Wildman–Crippen LogP) is 1.51. The minimum atomic E-state index is 0.126. The van der Waals surface area contributed by atoms with Crippen LogP contribution >= 0.6 is 0 Å². The Morgan fingerprint density at radius 1 is 1.31 bits per heavy atom. The molecule has 4 nitrogen and oxygen atoms in total. The van der Waals surface area contributed by atoms with Crippen LogP contribution in [0.15, 0.2) is 18.2 Å². The molecule has 0 aromatic heterocycles. The number of nitrogens with zero attached hydrogens (tertiary/aromatic N) is 1. The lowest BCUT2D eigenvalue weighted by Crippen LogP contribution is -2.25. The van der Waals surface area contributed by atoms with E-state index in [1.165, 1.54) is 18.2 Å². The molecule has 16 heavy (non-hydrogen) atoms. The van der Waals surface area contributed by atoms with Gasteiger partial charge in [-0.25, -0.2) is 0 Å². The van der Waals surface area contributed by atoms with Crippen LogP contribution in [0, 0.1) is 0 Å². The molecule has 0 aliphatic carbocycles. The number of amides is 1. The lowest BCUT2D eigenvalue weighted by Gasteiger charge is -2.16. The van der Waals surface area contributed by atoms with E-state index in [2.05, 4.69) is 0 Å². The number of hydrogen-bond acceptors (Lipinski definition) is 3. The van der Waals surface area contributed by atoms with Crippen molar-refractivity contribution in [3.8, 4) is 11.5 Å². The standard InChI is InChI=1S/C12H17NO3/c1-2-6-13(9-14)7-5-10-8-11(15)3-4-12(10)16/h3-4,8-9,15-16H,2,5-7H2,1H3. The van der Waals surface area contributed by atoms with Gasteiger partial charge in [0.05, 0.1) is 0 Å². The Morgan fingerprint density at radius 3 is 2.69 bits per heavy atom. The van der Waals surface area contributed by atoms with Crippen molar-refractivity contribution in [3.63, 3.8) is 0 Å². The first-order chi connectivity index (χ1) is 7.67. The maximum absolute atomic E-state index is 10.7. The molecule has 1 aromatic rings. The second kappa shape index (κ2) is 6.00. The Kier molecular flexibility index (Phi) is 4.64. The van der Waals surface area contributed by atoms with Crippen molar-refractivity contribution in [1.29, 1.82) is 0 Å². The molecule has 0 spiro atoms. The third-order valence-electron chi connectivity index (χ3n) is 2.39. The van der Waals surface area contributed by atoms with E-state index in [-0.39, 0.29) is 11.5 Å². The van der Waals surface area contributed by atoms with Crippen LogP contribution in [-0.2, 0) is 11.2 Å². The quantitative estimate of drug-likeness (QED) is 0.567. The third-order valence-corrected chi connectivity index (χ3v) is 2.39. The molecule has 0 aliphatic rings. The molecule has 88 valence electrons. The number of aromatic hydroxyl groups is 2. The molecule has 1 amide bonds. The van der Waals surface area contributed by atoms with Crippen LogP contribution in [0.3, 0.4) is 0 Å². The van der Waals surface area contributed by atoms with Gasteiger partial charge < -0.3 is 15.1 Å². The van der Waals surface area contributed by atoms with Gasteiger partial charge in [-0.3, -0.25) is 4.79 Å². The summed E-state index contributed by atoms with van der Waals surface area (Å²) >= 11 is 0. The summed E-state index contributed by atoms with van der Waals surface area (Å²) in [6.45, 7) is 3.26. The smallest absolute Gasteiger partial charge is 0.209 e. The normalized spacial score (nSPS) is 10.1. The number of benzene rings is 1. The molecule has 1 aromatic carbocycles. The summed E-state index contributed by atoms with van der Waals surface area (Å²) in [6.07, 6.45) is 2.26. The second-order valence-electron chi connectivity index (χ2n) is 3.70. The van der Waals surface area contributed by atoms with Crippen molar-refractivity contribution in [3.05, 3.63) is 23.8 Å². The van der Waals surface area contributed by atoms with Crippen LogP contribution in [0.25, 0.3) is 0 Å². The fraction of sp³-hybridized carbons (Fsp3) is 0.417. The zero-order chi connectivity index (χ0) is 12.0. The Balaban J connectivity index is 2.59. The van der Waals surface area contributed by atoms with Crippen molar-refractivity contribution < 1.29 is 15.0 Å². The Morgan fingerprint density at radius 2 is 2.06 bits per heavy atom. The molecule has 4 heteroatoms. The minimum Gasteiger partial charge on any atom is -0.508 e. The largest absolute Gasteiger partial charge is 0.508 e. The third kappa shape index (κ3) is 3.46. The number of phenolic OH excluding ortho intramolecular Hbond substituents is 2. The molecule has 0 aliphatic heterocycles. The first-order valence-corrected chi connectivity index (χ1v) is 5.37. The van der Waals surface area contributed by atoms with Gasteiger partial charge in [-0.15, -0.1) is 0 Å². The van der Waals surface area contributed by atoms with Gasteiger partial charge >= 0.3 is 0 Å². The summed E-state index contributed by atoms with van der Waals surface area (Å²) in [4.78, 5) is 12.3. The highest BCUT2D eigenvalue weighted by Crippen LogP contribution is 2.22. The minimum absolute atomic E-state index is 0.126. The molecule has 0 fully saturated rings. The number of hydrogen-bond donors (Lipinski definition) is 2. The molecule has 2 N–H and O–H groups in total. The van der Waals surface area contributed by atoms with Crippen molar-refractivity contribution >= 4 is 6.41 Å². The van der Waals surface area contributed by atoms with Crippen molar-refractivity contribution in [2.24, 2.45) is 0 Å². The van der Waals surface area contributed by atoms with Gasteiger partial charge in [0.25, 0.3) is 0 Å². The van der Waals surface area contributed by atoms with E-state index in [9.17, 15) is 15.0 Å². The van der Waals surface area contributed by atoms with Crippen molar-refractivity contribution in [2.45, 2.75) is 19.8 Å².